The molecule has 2 rings (SSSR count). The smallest absolute Gasteiger partial charge is 0.150 e. The van der Waals surface area contributed by atoms with E-state index in [0.29, 0.717) is 6.04 Å². The van der Waals surface area contributed by atoms with E-state index in [4.69, 9.17) is 0 Å². The quantitative estimate of drug-likeness (QED) is 0.840. The minimum Gasteiger partial charge on any atom is -0.302 e. The van der Waals surface area contributed by atoms with E-state index < -0.39 is 0 Å². The van der Waals surface area contributed by atoms with Crippen LogP contribution in [0.1, 0.15) is 31.9 Å². The summed E-state index contributed by atoms with van der Waals surface area (Å²) in [6, 6.07) is 8.68. The fourth-order valence-corrected chi connectivity index (χ4v) is 2.62. The average molecular weight is 217 g/mol. The summed E-state index contributed by atoms with van der Waals surface area (Å²) >= 11 is 0. The third-order valence-electron chi connectivity index (χ3n) is 3.34. The molecule has 0 saturated carbocycles. The van der Waals surface area contributed by atoms with Crippen molar-refractivity contribution in [1.29, 1.82) is 0 Å². The van der Waals surface area contributed by atoms with Crippen LogP contribution >= 0.6 is 0 Å². The Labute approximate surface area is 97.1 Å². The van der Waals surface area contributed by atoms with Crippen LogP contribution in [0.15, 0.2) is 24.3 Å². The number of Topliss-reactive ketones (excluding diaryl/α,β-unsaturated/α-hetero) is 1. The number of rotatable bonds is 3. The van der Waals surface area contributed by atoms with Gasteiger partial charge >= 0.3 is 0 Å². The van der Waals surface area contributed by atoms with Crippen molar-refractivity contribution in [3.63, 3.8) is 0 Å². The van der Waals surface area contributed by atoms with Crippen molar-refractivity contribution in [1.82, 2.24) is 5.32 Å². The largest absolute Gasteiger partial charge is 0.302 e. The van der Waals surface area contributed by atoms with E-state index in [-0.39, 0.29) is 11.3 Å². The molecule has 0 aromatic heterocycles. The van der Waals surface area contributed by atoms with Crippen molar-refractivity contribution in [3.8, 4) is 0 Å². The maximum Gasteiger partial charge on any atom is 0.150 e. The van der Waals surface area contributed by atoms with Crippen molar-refractivity contribution < 1.29 is 4.79 Å². The summed E-state index contributed by atoms with van der Waals surface area (Å²) in [6.45, 7) is 5.88. The minimum atomic E-state index is -0.363. The van der Waals surface area contributed by atoms with E-state index in [0.717, 1.165) is 12.8 Å². The van der Waals surface area contributed by atoms with E-state index >= 15 is 0 Å². The summed E-state index contributed by atoms with van der Waals surface area (Å²) in [4.78, 5) is 11.9. The molecule has 0 atom stereocenters. The topological polar surface area (TPSA) is 29.1 Å². The molecule has 2 nitrogen and oxygen atoms in total. The fourth-order valence-electron chi connectivity index (χ4n) is 2.62. The first kappa shape index (κ1) is 11.3. The van der Waals surface area contributed by atoms with Gasteiger partial charge in [-0.15, -0.1) is 0 Å². The van der Waals surface area contributed by atoms with Gasteiger partial charge in [0.25, 0.3) is 0 Å². The average Bonchev–Trinajstić information content (AvgIpc) is 2.55. The van der Waals surface area contributed by atoms with Gasteiger partial charge in [0.2, 0.25) is 0 Å². The Hall–Kier alpha value is -1.15. The summed E-state index contributed by atoms with van der Waals surface area (Å²) in [7, 11) is 0. The zero-order chi connectivity index (χ0) is 11.8. The van der Waals surface area contributed by atoms with E-state index in [9.17, 15) is 4.79 Å². The Morgan fingerprint density at radius 1 is 1.25 bits per heavy atom. The number of nitrogens with one attached hydrogen (secondary N) is 1. The van der Waals surface area contributed by atoms with Crippen LogP contribution in [-0.4, -0.2) is 17.4 Å². The first-order valence-corrected chi connectivity index (χ1v) is 5.89. The molecule has 0 aliphatic heterocycles. The van der Waals surface area contributed by atoms with Gasteiger partial charge in [0.05, 0.1) is 5.54 Å². The molecule has 1 aromatic rings. The third kappa shape index (κ3) is 1.90. The molecule has 86 valence electrons. The van der Waals surface area contributed by atoms with Gasteiger partial charge in [-0.05, 0) is 44.7 Å². The van der Waals surface area contributed by atoms with Gasteiger partial charge in [-0.25, -0.2) is 0 Å². The summed E-state index contributed by atoms with van der Waals surface area (Å²) < 4.78 is 0. The zero-order valence-electron chi connectivity index (χ0n) is 10.2. The second-order valence-electron chi connectivity index (χ2n) is 5.06. The molecule has 0 spiro atoms. The Balaban J connectivity index is 2.31. The van der Waals surface area contributed by atoms with E-state index in [1.807, 2.05) is 12.1 Å². The Kier molecular flexibility index (Phi) is 2.85. The minimum absolute atomic E-state index is 0.248. The van der Waals surface area contributed by atoms with Gasteiger partial charge in [0.1, 0.15) is 5.78 Å². The highest BCUT2D eigenvalue weighted by atomic mass is 16.1. The monoisotopic (exact) mass is 217 g/mol. The molecule has 0 saturated heterocycles. The molecule has 1 aromatic carbocycles. The number of hydrogen-bond acceptors (Lipinski definition) is 2. The van der Waals surface area contributed by atoms with E-state index in [1.54, 1.807) is 6.92 Å². The molecule has 2 heteroatoms. The molecule has 0 fully saturated rings. The summed E-state index contributed by atoms with van der Waals surface area (Å²) in [5, 5.41) is 3.45. The number of carbonyl (C=O) groups is 1. The number of hydrogen-bond donors (Lipinski definition) is 1. The highest BCUT2D eigenvalue weighted by Gasteiger charge is 2.41. The molecule has 0 unspecified atom stereocenters. The number of benzene rings is 1. The van der Waals surface area contributed by atoms with Crippen LogP contribution in [0.4, 0.5) is 0 Å². The van der Waals surface area contributed by atoms with Gasteiger partial charge in [-0.3, -0.25) is 4.79 Å². The molecule has 1 aliphatic carbocycles. The van der Waals surface area contributed by atoms with Gasteiger partial charge in [-0.2, -0.15) is 0 Å². The lowest BCUT2D eigenvalue weighted by Gasteiger charge is -2.30. The van der Waals surface area contributed by atoms with Crippen LogP contribution in [0.3, 0.4) is 0 Å². The number of ketones is 1. The normalized spacial score (nSPS) is 17.5. The van der Waals surface area contributed by atoms with Crippen molar-refractivity contribution >= 4 is 5.78 Å². The van der Waals surface area contributed by atoms with Crippen LogP contribution < -0.4 is 5.32 Å². The molecule has 1 N–H and O–H groups in total. The molecular formula is C14H19NO. The van der Waals surface area contributed by atoms with Crippen LogP contribution in [0.25, 0.3) is 0 Å². The predicted molar refractivity (Wildman–Crippen MR) is 65.5 cm³/mol. The molecule has 1 aliphatic rings. The lowest BCUT2D eigenvalue weighted by molar-refractivity contribution is -0.123. The highest BCUT2D eigenvalue weighted by molar-refractivity contribution is 5.88. The van der Waals surface area contributed by atoms with Crippen molar-refractivity contribution in [2.75, 3.05) is 0 Å². The maximum absolute atomic E-state index is 11.9. The lowest BCUT2D eigenvalue weighted by Crippen LogP contribution is -2.54. The van der Waals surface area contributed by atoms with Gasteiger partial charge in [0, 0.05) is 6.04 Å². The summed E-state index contributed by atoms with van der Waals surface area (Å²) in [6.07, 6.45) is 1.66. The van der Waals surface area contributed by atoms with Crippen molar-refractivity contribution in [3.05, 3.63) is 35.4 Å². The second-order valence-corrected chi connectivity index (χ2v) is 5.06. The van der Waals surface area contributed by atoms with E-state index in [2.05, 4.69) is 31.3 Å². The zero-order valence-corrected chi connectivity index (χ0v) is 10.2. The molecule has 0 heterocycles. The molecule has 0 amide bonds. The molecular weight excluding hydrogens is 198 g/mol. The maximum atomic E-state index is 11.9. The third-order valence-corrected chi connectivity index (χ3v) is 3.34. The van der Waals surface area contributed by atoms with Crippen LogP contribution in [0.2, 0.25) is 0 Å². The first-order chi connectivity index (χ1) is 7.53. The predicted octanol–water partition coefficient (Wildman–Crippen LogP) is 2.11. The summed E-state index contributed by atoms with van der Waals surface area (Å²) in [5.74, 6) is 0.248. The Morgan fingerprint density at radius 3 is 2.12 bits per heavy atom. The van der Waals surface area contributed by atoms with E-state index in [1.165, 1.54) is 11.1 Å². The lowest BCUT2D eigenvalue weighted by atomic mass is 9.90. The molecule has 0 bridgehead atoms. The van der Waals surface area contributed by atoms with Crippen molar-refractivity contribution in [2.24, 2.45) is 0 Å². The number of carbonyl (C=O) groups excluding carboxylic acids is 1. The van der Waals surface area contributed by atoms with Crippen LogP contribution in [-0.2, 0) is 17.6 Å². The standard InChI is InChI=1S/C14H19NO/c1-10(2)15-14(11(3)16)8-12-6-4-5-7-13(12)9-14/h4-7,10,15H,8-9H2,1-3H3. The highest BCUT2D eigenvalue weighted by Crippen LogP contribution is 2.31. The van der Waals surface area contributed by atoms with Crippen LogP contribution in [0, 0.1) is 0 Å². The summed E-state index contributed by atoms with van der Waals surface area (Å²) in [5.41, 5.74) is 2.26. The second kappa shape index (κ2) is 4.02. The Morgan fingerprint density at radius 2 is 1.75 bits per heavy atom. The Bertz CT molecular complexity index is 384. The van der Waals surface area contributed by atoms with Gasteiger partial charge in [0.15, 0.2) is 0 Å². The number of fused-ring (bicyclic) bond motifs is 1. The molecule has 0 radical (unpaired) electrons. The fraction of sp³-hybridized carbons (Fsp3) is 0.500. The van der Waals surface area contributed by atoms with Crippen LogP contribution in [0.5, 0.6) is 0 Å². The SMILES string of the molecule is CC(=O)C1(NC(C)C)Cc2ccccc2C1. The van der Waals surface area contributed by atoms with Crippen molar-refractivity contribution in [2.45, 2.75) is 45.2 Å². The van der Waals surface area contributed by atoms with Gasteiger partial charge < -0.3 is 5.32 Å². The van der Waals surface area contributed by atoms with Gasteiger partial charge in [-0.1, -0.05) is 24.3 Å². The first-order valence-electron chi connectivity index (χ1n) is 5.89. The molecule has 16 heavy (non-hydrogen) atoms.